The number of methoxy groups -OCH3 is 1. The first-order chi connectivity index (χ1) is 9.07. The van der Waals surface area contributed by atoms with E-state index in [-0.39, 0.29) is 5.97 Å². The summed E-state index contributed by atoms with van der Waals surface area (Å²) in [5.74, 6) is 0.470. The first-order valence-corrected chi connectivity index (χ1v) is 6.95. The van der Waals surface area contributed by atoms with E-state index in [9.17, 15) is 4.79 Å². The highest BCUT2D eigenvalue weighted by atomic mass is 16.5. The van der Waals surface area contributed by atoms with Gasteiger partial charge in [-0.3, -0.25) is 0 Å². The lowest BCUT2D eigenvalue weighted by Gasteiger charge is -2.20. The van der Waals surface area contributed by atoms with E-state index < -0.39 is 0 Å². The highest BCUT2D eigenvalue weighted by Gasteiger charge is 2.44. The Kier molecular flexibility index (Phi) is 4.25. The molecule has 3 heteroatoms. The highest BCUT2D eigenvalue weighted by molar-refractivity contribution is 5.89. The van der Waals surface area contributed by atoms with Crippen molar-refractivity contribution in [2.75, 3.05) is 13.7 Å². The summed E-state index contributed by atoms with van der Waals surface area (Å²) in [6.45, 7) is 6.55. The Morgan fingerprint density at radius 3 is 2.42 bits per heavy atom. The SMILES string of the molecule is COC(=O)c1ccc(CNCC2(C(C)C)CC2)cc1. The molecule has 1 aliphatic rings. The van der Waals surface area contributed by atoms with Crippen LogP contribution in [0.4, 0.5) is 0 Å². The quantitative estimate of drug-likeness (QED) is 0.800. The van der Waals surface area contributed by atoms with Crippen molar-refractivity contribution < 1.29 is 9.53 Å². The first kappa shape index (κ1) is 14.1. The fourth-order valence-corrected chi connectivity index (χ4v) is 2.45. The Morgan fingerprint density at radius 1 is 1.32 bits per heavy atom. The van der Waals surface area contributed by atoms with Gasteiger partial charge in [-0.25, -0.2) is 4.79 Å². The van der Waals surface area contributed by atoms with Gasteiger partial charge in [0.15, 0.2) is 0 Å². The van der Waals surface area contributed by atoms with Gasteiger partial charge >= 0.3 is 5.97 Å². The van der Waals surface area contributed by atoms with Gasteiger partial charge in [0.25, 0.3) is 0 Å². The van der Waals surface area contributed by atoms with Crippen molar-refractivity contribution in [2.24, 2.45) is 11.3 Å². The molecular formula is C16H23NO2. The van der Waals surface area contributed by atoms with Crippen LogP contribution in [0.25, 0.3) is 0 Å². The minimum Gasteiger partial charge on any atom is -0.465 e. The molecule has 1 aliphatic carbocycles. The normalized spacial score (nSPS) is 16.4. The van der Waals surface area contributed by atoms with Crippen molar-refractivity contribution in [2.45, 2.75) is 33.2 Å². The summed E-state index contributed by atoms with van der Waals surface area (Å²) in [6.07, 6.45) is 2.69. The lowest BCUT2D eigenvalue weighted by atomic mass is 9.92. The molecule has 0 bridgehead atoms. The van der Waals surface area contributed by atoms with Crippen LogP contribution in [0.1, 0.15) is 42.6 Å². The molecule has 0 heterocycles. The van der Waals surface area contributed by atoms with Gasteiger partial charge in [-0.05, 0) is 41.9 Å². The van der Waals surface area contributed by atoms with Crippen LogP contribution in [-0.2, 0) is 11.3 Å². The van der Waals surface area contributed by atoms with E-state index in [1.54, 1.807) is 0 Å². The summed E-state index contributed by atoms with van der Waals surface area (Å²) in [4.78, 5) is 11.3. The molecule has 104 valence electrons. The second-order valence-corrected chi connectivity index (χ2v) is 5.81. The maximum Gasteiger partial charge on any atom is 0.337 e. The molecule has 19 heavy (non-hydrogen) atoms. The number of rotatable bonds is 6. The van der Waals surface area contributed by atoms with Gasteiger partial charge in [0, 0.05) is 13.1 Å². The third kappa shape index (κ3) is 3.35. The molecule has 1 fully saturated rings. The van der Waals surface area contributed by atoms with Crippen molar-refractivity contribution in [1.82, 2.24) is 5.32 Å². The molecular weight excluding hydrogens is 238 g/mol. The fraction of sp³-hybridized carbons (Fsp3) is 0.562. The van der Waals surface area contributed by atoms with E-state index in [1.165, 1.54) is 25.5 Å². The average Bonchev–Trinajstić information content (AvgIpc) is 3.20. The van der Waals surface area contributed by atoms with Crippen molar-refractivity contribution in [3.63, 3.8) is 0 Å². The number of nitrogens with one attached hydrogen (secondary N) is 1. The molecule has 1 aromatic carbocycles. The minimum absolute atomic E-state index is 0.281. The van der Waals surface area contributed by atoms with Crippen LogP contribution in [0.3, 0.4) is 0 Å². The third-order valence-electron chi connectivity index (χ3n) is 4.30. The predicted molar refractivity (Wildman–Crippen MR) is 76.0 cm³/mol. The summed E-state index contributed by atoms with van der Waals surface area (Å²) in [5.41, 5.74) is 2.34. The smallest absolute Gasteiger partial charge is 0.337 e. The van der Waals surface area contributed by atoms with Crippen molar-refractivity contribution in [3.8, 4) is 0 Å². The summed E-state index contributed by atoms with van der Waals surface area (Å²) in [6, 6.07) is 7.60. The van der Waals surface area contributed by atoms with Crippen molar-refractivity contribution in [3.05, 3.63) is 35.4 Å². The number of benzene rings is 1. The largest absolute Gasteiger partial charge is 0.465 e. The Balaban J connectivity index is 1.82. The van der Waals surface area contributed by atoms with Gasteiger partial charge in [-0.2, -0.15) is 0 Å². The van der Waals surface area contributed by atoms with Crippen LogP contribution in [0, 0.1) is 11.3 Å². The minimum atomic E-state index is -0.281. The molecule has 0 amide bonds. The maximum atomic E-state index is 11.3. The standard InChI is InChI=1S/C16H23NO2/c1-12(2)16(8-9-16)11-17-10-13-4-6-14(7-5-13)15(18)19-3/h4-7,12,17H,8-11H2,1-3H3. The second kappa shape index (κ2) is 5.74. The highest BCUT2D eigenvalue weighted by Crippen LogP contribution is 2.51. The lowest BCUT2D eigenvalue weighted by Crippen LogP contribution is -2.27. The molecule has 0 aliphatic heterocycles. The monoisotopic (exact) mass is 261 g/mol. The molecule has 3 nitrogen and oxygen atoms in total. The lowest BCUT2D eigenvalue weighted by molar-refractivity contribution is 0.0600. The van der Waals surface area contributed by atoms with Crippen LogP contribution in [0.5, 0.6) is 0 Å². The zero-order chi connectivity index (χ0) is 13.9. The van der Waals surface area contributed by atoms with Crippen molar-refractivity contribution in [1.29, 1.82) is 0 Å². The van der Waals surface area contributed by atoms with E-state index in [0.29, 0.717) is 11.0 Å². The second-order valence-electron chi connectivity index (χ2n) is 5.81. The Morgan fingerprint density at radius 2 is 1.95 bits per heavy atom. The molecule has 0 atom stereocenters. The summed E-state index contributed by atoms with van der Waals surface area (Å²) >= 11 is 0. The van der Waals surface area contributed by atoms with E-state index in [0.717, 1.165) is 19.0 Å². The molecule has 0 spiro atoms. The maximum absolute atomic E-state index is 11.3. The third-order valence-corrected chi connectivity index (χ3v) is 4.30. The van der Waals surface area contributed by atoms with Crippen LogP contribution in [-0.4, -0.2) is 19.6 Å². The van der Waals surface area contributed by atoms with Gasteiger partial charge in [-0.1, -0.05) is 26.0 Å². The van der Waals surface area contributed by atoms with Crippen molar-refractivity contribution >= 4 is 5.97 Å². The molecule has 0 unspecified atom stereocenters. The van der Waals surface area contributed by atoms with E-state index in [2.05, 4.69) is 23.9 Å². The van der Waals surface area contributed by atoms with Crippen LogP contribution in [0.15, 0.2) is 24.3 Å². The van der Waals surface area contributed by atoms with Gasteiger partial charge in [0.05, 0.1) is 12.7 Å². The molecule has 1 aromatic rings. The molecule has 0 radical (unpaired) electrons. The number of hydrogen-bond acceptors (Lipinski definition) is 3. The number of carbonyl (C=O) groups is 1. The van der Waals surface area contributed by atoms with Gasteiger partial charge < -0.3 is 10.1 Å². The topological polar surface area (TPSA) is 38.3 Å². The molecule has 2 rings (SSSR count). The number of hydrogen-bond donors (Lipinski definition) is 1. The molecule has 1 saturated carbocycles. The zero-order valence-electron chi connectivity index (χ0n) is 12.0. The van der Waals surface area contributed by atoms with Crippen LogP contribution in [0.2, 0.25) is 0 Å². The van der Waals surface area contributed by atoms with Gasteiger partial charge in [0.1, 0.15) is 0 Å². The molecule has 0 aromatic heterocycles. The first-order valence-electron chi connectivity index (χ1n) is 6.95. The number of carbonyl (C=O) groups excluding carboxylic acids is 1. The average molecular weight is 261 g/mol. The van der Waals surface area contributed by atoms with E-state index in [1.807, 2.05) is 24.3 Å². The molecule has 0 saturated heterocycles. The van der Waals surface area contributed by atoms with Crippen LogP contribution < -0.4 is 5.32 Å². The number of esters is 1. The predicted octanol–water partition coefficient (Wildman–Crippen LogP) is 3.00. The zero-order valence-corrected chi connectivity index (χ0v) is 12.0. The van der Waals surface area contributed by atoms with Gasteiger partial charge in [0.2, 0.25) is 0 Å². The summed E-state index contributed by atoms with van der Waals surface area (Å²) in [5, 5.41) is 3.53. The van der Waals surface area contributed by atoms with E-state index in [4.69, 9.17) is 0 Å². The number of ether oxygens (including phenoxy) is 1. The fourth-order valence-electron chi connectivity index (χ4n) is 2.45. The Hall–Kier alpha value is -1.35. The summed E-state index contributed by atoms with van der Waals surface area (Å²) < 4.78 is 4.68. The Bertz CT molecular complexity index is 433. The Labute approximate surface area is 115 Å². The summed E-state index contributed by atoms with van der Waals surface area (Å²) in [7, 11) is 1.40. The molecule has 1 N–H and O–H groups in total. The van der Waals surface area contributed by atoms with Crippen LogP contribution >= 0.6 is 0 Å². The van der Waals surface area contributed by atoms with Gasteiger partial charge in [-0.15, -0.1) is 0 Å². The van der Waals surface area contributed by atoms with E-state index >= 15 is 0 Å².